The lowest BCUT2D eigenvalue weighted by Crippen LogP contribution is -2.16. The lowest BCUT2D eigenvalue weighted by atomic mass is 10.1. The zero-order valence-corrected chi connectivity index (χ0v) is 7.33. The number of rotatable bonds is 3. The van der Waals surface area contributed by atoms with Crippen LogP contribution in [0.25, 0.3) is 0 Å². The van der Waals surface area contributed by atoms with Crippen LogP contribution in [0.2, 0.25) is 0 Å². The van der Waals surface area contributed by atoms with Crippen molar-refractivity contribution in [2.24, 2.45) is 5.73 Å². The molecule has 1 rings (SSSR count). The Kier molecular flexibility index (Phi) is 3.25. The average molecular weight is 184 g/mol. The third-order valence-corrected chi connectivity index (χ3v) is 2.04. The third kappa shape index (κ3) is 2.64. The minimum Gasteiger partial charge on any atom is -0.319 e. The molecule has 1 aromatic rings. The fraction of sp³-hybridized carbons (Fsp3) is 0.125. The van der Waals surface area contributed by atoms with Crippen molar-refractivity contribution in [1.82, 2.24) is 0 Å². The van der Waals surface area contributed by atoms with Crippen molar-refractivity contribution in [3.8, 4) is 0 Å². The first-order chi connectivity index (χ1) is 5.70. The van der Waals surface area contributed by atoms with Crippen molar-refractivity contribution < 1.29 is 8.42 Å². The third-order valence-electron chi connectivity index (χ3n) is 1.44. The van der Waals surface area contributed by atoms with Gasteiger partial charge in [0.2, 0.25) is 0 Å². The van der Waals surface area contributed by atoms with E-state index in [4.69, 9.17) is 5.73 Å². The Morgan fingerprint density at radius 3 is 2.33 bits per heavy atom. The fourth-order valence-electron chi connectivity index (χ4n) is 0.883. The lowest BCUT2D eigenvalue weighted by Gasteiger charge is -2.05. The predicted molar refractivity (Wildman–Crippen MR) is 48.2 cm³/mol. The summed E-state index contributed by atoms with van der Waals surface area (Å²) in [6.45, 7) is 0. The van der Waals surface area contributed by atoms with Crippen LogP contribution in [0.1, 0.15) is 5.56 Å². The highest BCUT2D eigenvalue weighted by atomic mass is 32.2. The Balaban J connectivity index is 2.71. The SMILES string of the molecule is N[C](C[SH](=O)=O)c1ccccc1. The van der Waals surface area contributed by atoms with Crippen LogP contribution in [0.5, 0.6) is 0 Å². The standard InChI is InChI=1S/C8H10NO2S/c9-8(6-12(10)11)7-4-2-1-3-5-7/h1-5,12H,6,9H2. The van der Waals surface area contributed by atoms with Gasteiger partial charge in [-0.3, -0.25) is 0 Å². The van der Waals surface area contributed by atoms with Gasteiger partial charge in [0, 0.05) is 0 Å². The van der Waals surface area contributed by atoms with E-state index in [-0.39, 0.29) is 5.75 Å². The second-order valence-corrected chi connectivity index (χ2v) is 3.36. The highest BCUT2D eigenvalue weighted by Gasteiger charge is 2.06. The summed E-state index contributed by atoms with van der Waals surface area (Å²) in [5, 5.41) is 0. The van der Waals surface area contributed by atoms with Crippen molar-refractivity contribution in [2.45, 2.75) is 0 Å². The molecule has 12 heavy (non-hydrogen) atoms. The van der Waals surface area contributed by atoms with Gasteiger partial charge in [-0.05, 0) is 5.56 Å². The molecule has 65 valence electrons. The highest BCUT2D eigenvalue weighted by Crippen LogP contribution is 2.07. The number of benzene rings is 1. The van der Waals surface area contributed by atoms with Gasteiger partial charge in [0.1, 0.15) is 10.7 Å². The molecule has 0 saturated heterocycles. The van der Waals surface area contributed by atoms with Crippen LogP contribution in [-0.4, -0.2) is 14.2 Å². The summed E-state index contributed by atoms with van der Waals surface area (Å²) in [7, 11) is -2.43. The molecule has 3 nitrogen and oxygen atoms in total. The van der Waals surface area contributed by atoms with Gasteiger partial charge < -0.3 is 5.73 Å². The summed E-state index contributed by atoms with van der Waals surface area (Å²) in [6.07, 6.45) is 0. The highest BCUT2D eigenvalue weighted by molar-refractivity contribution is 7.72. The molecular formula is C8H10NO2S. The summed E-state index contributed by atoms with van der Waals surface area (Å²) in [4.78, 5) is 0. The van der Waals surface area contributed by atoms with Crippen molar-refractivity contribution in [1.29, 1.82) is 0 Å². The van der Waals surface area contributed by atoms with E-state index < -0.39 is 10.7 Å². The normalized spacial score (nSPS) is 10.9. The smallest absolute Gasteiger partial charge is 0.142 e. The molecule has 0 atom stereocenters. The molecule has 0 aliphatic heterocycles. The zero-order valence-electron chi connectivity index (χ0n) is 6.43. The lowest BCUT2D eigenvalue weighted by molar-refractivity contribution is 0.614. The Labute approximate surface area is 73.2 Å². The largest absolute Gasteiger partial charge is 0.319 e. The summed E-state index contributed by atoms with van der Waals surface area (Å²) in [5.41, 5.74) is 6.30. The monoisotopic (exact) mass is 184 g/mol. The van der Waals surface area contributed by atoms with E-state index in [9.17, 15) is 8.42 Å². The summed E-state index contributed by atoms with van der Waals surface area (Å²) < 4.78 is 20.6. The Morgan fingerprint density at radius 1 is 1.25 bits per heavy atom. The average Bonchev–Trinajstić information content (AvgIpc) is 2.05. The molecule has 0 aromatic heterocycles. The molecule has 0 fully saturated rings. The number of hydrogen-bond acceptors (Lipinski definition) is 3. The summed E-state index contributed by atoms with van der Waals surface area (Å²) >= 11 is 0. The van der Waals surface area contributed by atoms with Crippen molar-refractivity contribution in [2.75, 3.05) is 5.75 Å². The maximum Gasteiger partial charge on any atom is 0.142 e. The Morgan fingerprint density at radius 2 is 1.83 bits per heavy atom. The van der Waals surface area contributed by atoms with E-state index in [0.29, 0.717) is 6.04 Å². The van der Waals surface area contributed by atoms with Gasteiger partial charge >= 0.3 is 0 Å². The molecule has 0 heterocycles. The summed E-state index contributed by atoms with van der Waals surface area (Å²) in [6, 6.07) is 9.46. The van der Waals surface area contributed by atoms with Crippen LogP contribution in [-0.2, 0) is 10.7 Å². The number of thiol groups is 1. The Bertz CT molecular complexity index is 300. The molecule has 0 unspecified atom stereocenters. The van der Waals surface area contributed by atoms with E-state index in [2.05, 4.69) is 0 Å². The van der Waals surface area contributed by atoms with E-state index >= 15 is 0 Å². The second kappa shape index (κ2) is 4.23. The molecule has 0 saturated carbocycles. The van der Waals surface area contributed by atoms with Gasteiger partial charge in [-0.25, -0.2) is 8.42 Å². The minimum absolute atomic E-state index is 0.0701. The Hall–Kier alpha value is -0.870. The van der Waals surface area contributed by atoms with Crippen LogP contribution in [0.3, 0.4) is 0 Å². The zero-order chi connectivity index (χ0) is 8.97. The first-order valence-electron chi connectivity index (χ1n) is 3.48. The predicted octanol–water partition coefficient (Wildman–Crippen LogP) is 0.137. The van der Waals surface area contributed by atoms with E-state index in [0.717, 1.165) is 5.56 Å². The molecule has 0 aliphatic rings. The topological polar surface area (TPSA) is 60.2 Å². The van der Waals surface area contributed by atoms with Gasteiger partial charge in [-0.2, -0.15) is 0 Å². The quantitative estimate of drug-likeness (QED) is 0.657. The van der Waals surface area contributed by atoms with Crippen LogP contribution in [0, 0.1) is 6.04 Å². The van der Waals surface area contributed by atoms with Crippen LogP contribution in [0.4, 0.5) is 0 Å². The molecule has 0 aliphatic carbocycles. The van der Waals surface area contributed by atoms with Gasteiger partial charge in [0.15, 0.2) is 0 Å². The number of hydrogen-bond donors (Lipinski definition) is 2. The molecule has 0 amide bonds. The molecule has 1 aromatic carbocycles. The second-order valence-electron chi connectivity index (χ2n) is 2.38. The van der Waals surface area contributed by atoms with E-state index in [1.807, 2.05) is 18.2 Å². The fourth-order valence-corrected chi connectivity index (χ4v) is 1.34. The van der Waals surface area contributed by atoms with Crippen molar-refractivity contribution in [3.05, 3.63) is 41.9 Å². The van der Waals surface area contributed by atoms with E-state index in [1.54, 1.807) is 12.1 Å². The minimum atomic E-state index is -2.43. The van der Waals surface area contributed by atoms with Gasteiger partial charge in [0.05, 0.1) is 11.8 Å². The molecule has 1 radical (unpaired) electrons. The van der Waals surface area contributed by atoms with Crippen LogP contribution in [0.15, 0.2) is 30.3 Å². The van der Waals surface area contributed by atoms with Crippen LogP contribution < -0.4 is 5.73 Å². The maximum atomic E-state index is 10.3. The molecule has 0 bridgehead atoms. The first-order valence-corrected chi connectivity index (χ1v) is 4.85. The molecule has 4 heteroatoms. The van der Waals surface area contributed by atoms with Crippen LogP contribution >= 0.6 is 0 Å². The molecule has 0 spiro atoms. The molecule has 2 N–H and O–H groups in total. The molecular weight excluding hydrogens is 174 g/mol. The van der Waals surface area contributed by atoms with Crippen molar-refractivity contribution in [3.63, 3.8) is 0 Å². The van der Waals surface area contributed by atoms with Gasteiger partial charge in [-0.15, -0.1) is 0 Å². The summed E-state index contributed by atoms with van der Waals surface area (Å²) in [5.74, 6) is -0.0701. The first kappa shape index (κ1) is 9.22. The maximum absolute atomic E-state index is 10.3. The van der Waals surface area contributed by atoms with Gasteiger partial charge in [0.25, 0.3) is 0 Å². The van der Waals surface area contributed by atoms with Crippen molar-refractivity contribution >= 4 is 10.7 Å². The van der Waals surface area contributed by atoms with Gasteiger partial charge in [-0.1, -0.05) is 30.3 Å². The number of nitrogens with two attached hydrogens (primary N) is 1. The van der Waals surface area contributed by atoms with E-state index in [1.165, 1.54) is 0 Å².